The molecular formula is C14H23N3O2S. The van der Waals surface area contributed by atoms with Crippen LogP contribution < -0.4 is 10.6 Å². The number of carbonyl (C=O) groups is 1. The molecule has 0 bridgehead atoms. The van der Waals surface area contributed by atoms with Crippen molar-refractivity contribution >= 4 is 22.4 Å². The van der Waals surface area contributed by atoms with Gasteiger partial charge in [-0.05, 0) is 25.0 Å². The van der Waals surface area contributed by atoms with Crippen molar-refractivity contribution in [3.05, 3.63) is 24.0 Å². The first-order valence-electron chi connectivity index (χ1n) is 6.85. The summed E-state index contributed by atoms with van der Waals surface area (Å²) in [5, 5.41) is 6.11. The maximum atomic E-state index is 11.9. The fraction of sp³-hybridized carbons (Fsp3) is 0.571. The summed E-state index contributed by atoms with van der Waals surface area (Å²) in [5.74, 6) is -0.195. The third-order valence-electron chi connectivity index (χ3n) is 2.97. The maximum Gasteiger partial charge on any atom is 0.269 e. The highest BCUT2D eigenvalue weighted by atomic mass is 32.2. The normalized spacial score (nSPS) is 13.6. The van der Waals surface area contributed by atoms with Gasteiger partial charge in [0, 0.05) is 47.3 Å². The Morgan fingerprint density at radius 3 is 2.85 bits per heavy atom. The van der Waals surface area contributed by atoms with Crippen molar-refractivity contribution in [2.75, 3.05) is 24.7 Å². The van der Waals surface area contributed by atoms with Gasteiger partial charge in [0.15, 0.2) is 0 Å². The van der Waals surface area contributed by atoms with Crippen molar-refractivity contribution in [3.63, 3.8) is 0 Å². The van der Waals surface area contributed by atoms with Crippen LogP contribution in [0.25, 0.3) is 0 Å². The van der Waals surface area contributed by atoms with Crippen LogP contribution >= 0.6 is 0 Å². The molecule has 0 aliphatic rings. The second-order valence-corrected chi connectivity index (χ2v) is 6.51. The van der Waals surface area contributed by atoms with Crippen LogP contribution in [-0.2, 0) is 10.8 Å². The van der Waals surface area contributed by atoms with Gasteiger partial charge in [0.2, 0.25) is 0 Å². The Labute approximate surface area is 123 Å². The zero-order valence-electron chi connectivity index (χ0n) is 12.3. The fourth-order valence-electron chi connectivity index (χ4n) is 1.58. The van der Waals surface area contributed by atoms with Crippen molar-refractivity contribution in [2.45, 2.75) is 31.9 Å². The lowest BCUT2D eigenvalue weighted by molar-refractivity contribution is 0.0948. The molecule has 0 radical (unpaired) electrons. The van der Waals surface area contributed by atoms with E-state index in [2.05, 4.69) is 22.5 Å². The molecule has 1 amide bonds. The average molecular weight is 297 g/mol. The van der Waals surface area contributed by atoms with Crippen LogP contribution in [0.5, 0.6) is 0 Å². The first-order chi connectivity index (χ1) is 9.54. The first kappa shape index (κ1) is 16.6. The molecule has 0 fully saturated rings. The first-order valence-corrected chi connectivity index (χ1v) is 8.47. The lowest BCUT2D eigenvalue weighted by atomic mass is 10.2. The standard InChI is InChI=1S/C14H23N3O2S/c1-4-7-15-12-6-9-16-13(10-12)14(18)17-8-5-11(2)20(3)19/h6,9-11H,4-5,7-8H2,1-3H3,(H,15,16)(H,17,18). The van der Waals surface area contributed by atoms with Gasteiger partial charge in [0.25, 0.3) is 5.91 Å². The average Bonchev–Trinajstić information content (AvgIpc) is 2.45. The molecule has 0 aliphatic carbocycles. The third-order valence-corrected chi connectivity index (χ3v) is 4.34. The van der Waals surface area contributed by atoms with E-state index in [1.807, 2.05) is 13.0 Å². The monoisotopic (exact) mass is 297 g/mol. The lowest BCUT2D eigenvalue weighted by Gasteiger charge is -2.10. The zero-order valence-corrected chi connectivity index (χ0v) is 13.1. The number of hydrogen-bond acceptors (Lipinski definition) is 4. The molecule has 2 atom stereocenters. The molecule has 0 saturated heterocycles. The summed E-state index contributed by atoms with van der Waals surface area (Å²) in [5.41, 5.74) is 1.30. The smallest absolute Gasteiger partial charge is 0.269 e. The predicted octanol–water partition coefficient (Wildman–Crippen LogP) is 1.79. The minimum absolute atomic E-state index is 0.0841. The molecule has 0 aliphatic heterocycles. The van der Waals surface area contributed by atoms with E-state index in [0.717, 1.165) is 18.7 Å². The van der Waals surface area contributed by atoms with Gasteiger partial charge in [0.1, 0.15) is 5.69 Å². The van der Waals surface area contributed by atoms with Crippen LogP contribution in [0.1, 0.15) is 37.2 Å². The summed E-state index contributed by atoms with van der Waals surface area (Å²) in [6.07, 6.45) is 5.02. The number of amides is 1. The van der Waals surface area contributed by atoms with Gasteiger partial charge < -0.3 is 10.6 Å². The van der Waals surface area contributed by atoms with Gasteiger partial charge in [-0.1, -0.05) is 13.8 Å². The summed E-state index contributed by atoms with van der Waals surface area (Å²) in [4.78, 5) is 16.0. The SMILES string of the molecule is CCCNc1ccnc(C(=O)NCCC(C)S(C)=O)c1. The number of anilines is 1. The molecular weight excluding hydrogens is 274 g/mol. The van der Waals surface area contributed by atoms with Crippen molar-refractivity contribution < 1.29 is 9.00 Å². The molecule has 1 rings (SSSR count). The van der Waals surface area contributed by atoms with E-state index in [1.165, 1.54) is 0 Å². The van der Waals surface area contributed by atoms with Crippen LogP contribution in [0, 0.1) is 0 Å². The largest absolute Gasteiger partial charge is 0.385 e. The van der Waals surface area contributed by atoms with E-state index < -0.39 is 10.8 Å². The van der Waals surface area contributed by atoms with Crippen molar-refractivity contribution in [3.8, 4) is 0 Å². The lowest BCUT2D eigenvalue weighted by Crippen LogP contribution is -2.28. The van der Waals surface area contributed by atoms with E-state index in [-0.39, 0.29) is 11.2 Å². The van der Waals surface area contributed by atoms with Gasteiger partial charge in [0.05, 0.1) is 0 Å². The van der Waals surface area contributed by atoms with Crippen molar-refractivity contribution in [1.82, 2.24) is 10.3 Å². The Morgan fingerprint density at radius 2 is 2.20 bits per heavy atom. The molecule has 5 nitrogen and oxygen atoms in total. The van der Waals surface area contributed by atoms with E-state index in [4.69, 9.17) is 0 Å². The molecule has 2 N–H and O–H groups in total. The summed E-state index contributed by atoms with van der Waals surface area (Å²) >= 11 is 0. The molecule has 0 spiro atoms. The van der Waals surface area contributed by atoms with E-state index in [0.29, 0.717) is 18.7 Å². The minimum Gasteiger partial charge on any atom is -0.385 e. The number of aromatic nitrogens is 1. The van der Waals surface area contributed by atoms with Crippen LogP contribution in [0.3, 0.4) is 0 Å². The Balaban J connectivity index is 2.48. The molecule has 20 heavy (non-hydrogen) atoms. The van der Waals surface area contributed by atoms with E-state index >= 15 is 0 Å². The van der Waals surface area contributed by atoms with Gasteiger partial charge in [-0.2, -0.15) is 0 Å². The number of hydrogen-bond donors (Lipinski definition) is 2. The predicted molar refractivity (Wildman–Crippen MR) is 83.5 cm³/mol. The number of rotatable bonds is 8. The molecule has 112 valence electrons. The topological polar surface area (TPSA) is 71.1 Å². The van der Waals surface area contributed by atoms with Crippen LogP contribution in [0.4, 0.5) is 5.69 Å². The maximum absolute atomic E-state index is 11.9. The van der Waals surface area contributed by atoms with Gasteiger partial charge in [-0.15, -0.1) is 0 Å². The Morgan fingerprint density at radius 1 is 1.45 bits per heavy atom. The van der Waals surface area contributed by atoms with Crippen molar-refractivity contribution in [2.24, 2.45) is 0 Å². The van der Waals surface area contributed by atoms with E-state index in [9.17, 15) is 9.00 Å². The molecule has 6 heteroatoms. The summed E-state index contributed by atoms with van der Waals surface area (Å²) < 4.78 is 11.2. The zero-order chi connectivity index (χ0) is 15.0. The number of nitrogens with one attached hydrogen (secondary N) is 2. The summed E-state index contributed by atoms with van der Waals surface area (Å²) in [7, 11) is -0.854. The molecule has 0 aromatic carbocycles. The van der Waals surface area contributed by atoms with Crippen LogP contribution in [0.15, 0.2) is 18.3 Å². The second-order valence-electron chi connectivity index (χ2n) is 4.71. The Kier molecular flexibility index (Phi) is 7.22. The molecule has 2 unspecified atom stereocenters. The summed E-state index contributed by atoms with van der Waals surface area (Å²) in [6.45, 7) is 5.37. The highest BCUT2D eigenvalue weighted by molar-refractivity contribution is 7.84. The highest BCUT2D eigenvalue weighted by Gasteiger charge is 2.10. The molecule has 0 saturated carbocycles. The number of nitrogens with zero attached hydrogens (tertiary/aromatic N) is 1. The van der Waals surface area contributed by atoms with Crippen LogP contribution in [-0.4, -0.2) is 39.7 Å². The summed E-state index contributed by atoms with van der Waals surface area (Å²) in [6, 6.07) is 3.58. The molecule has 1 heterocycles. The molecule has 1 aromatic heterocycles. The van der Waals surface area contributed by atoms with Crippen LogP contribution in [0.2, 0.25) is 0 Å². The van der Waals surface area contributed by atoms with Gasteiger partial charge in [-0.25, -0.2) is 0 Å². The molecule has 1 aromatic rings. The highest BCUT2D eigenvalue weighted by Crippen LogP contribution is 2.08. The van der Waals surface area contributed by atoms with E-state index in [1.54, 1.807) is 18.5 Å². The second kappa shape index (κ2) is 8.68. The quantitative estimate of drug-likeness (QED) is 0.767. The van der Waals surface area contributed by atoms with Crippen molar-refractivity contribution in [1.29, 1.82) is 0 Å². The number of carbonyl (C=O) groups excluding carboxylic acids is 1. The Bertz CT molecular complexity index is 465. The van der Waals surface area contributed by atoms with Gasteiger partial charge in [-0.3, -0.25) is 14.0 Å². The van der Waals surface area contributed by atoms with Gasteiger partial charge >= 0.3 is 0 Å². The minimum atomic E-state index is -0.854. The third kappa shape index (κ3) is 5.69. The number of pyridine rings is 1. The fourth-order valence-corrected chi connectivity index (χ4v) is 2.03. The Hall–Kier alpha value is -1.43.